The molecule has 1 amide bonds. The van der Waals surface area contributed by atoms with Crippen LogP contribution in [0.4, 0.5) is 4.79 Å². The third kappa shape index (κ3) is 5.17. The first kappa shape index (κ1) is 9.03. The maximum Gasteiger partial charge on any atom is 0.451 e. The lowest BCUT2D eigenvalue weighted by Crippen LogP contribution is -2.28. The molecule has 0 fully saturated rings. The second-order valence-electron chi connectivity index (χ2n) is 2.32. The number of methoxy groups -OCH3 is 1. The Morgan fingerprint density at radius 2 is 2.10 bits per heavy atom. The number of amides is 1. The lowest BCUT2D eigenvalue weighted by Gasteiger charge is -2.07. The second-order valence-corrected chi connectivity index (χ2v) is 2.32. The highest BCUT2D eigenvalue weighted by atomic mass is 16.5. The number of nitrogens with zero attached hydrogens (tertiary/aromatic N) is 2. The minimum Gasteiger partial charge on any atom is -0.450 e. The summed E-state index contributed by atoms with van der Waals surface area (Å²) in [6, 6.07) is 0. The summed E-state index contributed by atoms with van der Waals surface area (Å²) in [7, 11) is 1.23. The van der Waals surface area contributed by atoms with Gasteiger partial charge in [0.15, 0.2) is 0 Å². The van der Waals surface area contributed by atoms with E-state index in [2.05, 4.69) is 15.0 Å². The normalized spacial score (nSPS) is 12.0. The van der Waals surface area contributed by atoms with Gasteiger partial charge in [-0.05, 0) is 13.8 Å². The SMILES string of the molecule is COC(=O)/N=N/C(C)(C)N. The van der Waals surface area contributed by atoms with Gasteiger partial charge < -0.3 is 10.5 Å². The molecular formula is C5H11N3O2. The molecule has 0 aliphatic heterocycles. The zero-order valence-electron chi connectivity index (χ0n) is 6.29. The number of hydrogen-bond acceptors (Lipinski definition) is 4. The van der Waals surface area contributed by atoms with E-state index in [1.165, 1.54) is 7.11 Å². The standard InChI is InChI=1S/C5H11N3O2/c1-5(2,6)8-7-4(9)10-3/h6H2,1-3H3/b8-7+. The molecule has 0 aromatic rings. The average Bonchev–Trinajstić information content (AvgIpc) is 1.81. The molecule has 0 saturated heterocycles. The van der Waals surface area contributed by atoms with Crippen molar-refractivity contribution < 1.29 is 9.53 Å². The van der Waals surface area contributed by atoms with Crippen molar-refractivity contribution >= 4 is 6.09 Å². The Balaban J connectivity index is 3.88. The van der Waals surface area contributed by atoms with E-state index in [9.17, 15) is 4.79 Å². The topological polar surface area (TPSA) is 77.0 Å². The third-order valence-corrected chi connectivity index (χ3v) is 0.564. The molecule has 0 aliphatic carbocycles. The van der Waals surface area contributed by atoms with Crippen LogP contribution >= 0.6 is 0 Å². The van der Waals surface area contributed by atoms with E-state index in [1.54, 1.807) is 13.8 Å². The highest BCUT2D eigenvalue weighted by molar-refractivity contribution is 5.67. The Labute approximate surface area is 59.3 Å². The zero-order valence-corrected chi connectivity index (χ0v) is 6.29. The van der Waals surface area contributed by atoms with E-state index in [0.29, 0.717) is 0 Å². The van der Waals surface area contributed by atoms with Crippen LogP contribution in [0.15, 0.2) is 10.2 Å². The van der Waals surface area contributed by atoms with Crippen molar-refractivity contribution in [2.45, 2.75) is 19.5 Å². The molecule has 0 spiro atoms. The average molecular weight is 145 g/mol. The Morgan fingerprint density at radius 1 is 1.60 bits per heavy atom. The lowest BCUT2D eigenvalue weighted by molar-refractivity contribution is 0.179. The number of rotatable bonds is 1. The van der Waals surface area contributed by atoms with Gasteiger partial charge in [0.1, 0.15) is 5.66 Å². The molecular weight excluding hydrogens is 134 g/mol. The first-order valence-electron chi connectivity index (χ1n) is 2.75. The highest BCUT2D eigenvalue weighted by Crippen LogP contribution is 1.99. The van der Waals surface area contributed by atoms with Crippen LogP contribution in [0.2, 0.25) is 0 Å². The van der Waals surface area contributed by atoms with Crippen molar-refractivity contribution in [3.63, 3.8) is 0 Å². The summed E-state index contributed by atoms with van der Waals surface area (Å²) in [6.07, 6.45) is -0.737. The Bertz CT molecular complexity index is 147. The van der Waals surface area contributed by atoms with Gasteiger partial charge in [-0.25, -0.2) is 4.79 Å². The molecule has 0 heterocycles. The number of hydrogen-bond donors (Lipinski definition) is 1. The molecule has 5 heteroatoms. The van der Waals surface area contributed by atoms with Crippen molar-refractivity contribution in [1.82, 2.24) is 0 Å². The zero-order chi connectivity index (χ0) is 8.20. The van der Waals surface area contributed by atoms with Crippen LogP contribution in [0.1, 0.15) is 13.8 Å². The van der Waals surface area contributed by atoms with Crippen molar-refractivity contribution in [3.05, 3.63) is 0 Å². The summed E-state index contributed by atoms with van der Waals surface area (Å²) >= 11 is 0. The highest BCUT2D eigenvalue weighted by Gasteiger charge is 2.07. The minimum absolute atomic E-state index is 0.737. The molecule has 10 heavy (non-hydrogen) atoms. The van der Waals surface area contributed by atoms with Crippen molar-refractivity contribution in [3.8, 4) is 0 Å². The summed E-state index contributed by atoms with van der Waals surface area (Å²) < 4.78 is 4.19. The van der Waals surface area contributed by atoms with E-state index >= 15 is 0 Å². The van der Waals surface area contributed by atoms with Gasteiger partial charge in [-0.2, -0.15) is 5.11 Å². The third-order valence-electron chi connectivity index (χ3n) is 0.564. The van der Waals surface area contributed by atoms with E-state index in [4.69, 9.17) is 5.73 Å². The molecule has 0 radical (unpaired) electrons. The van der Waals surface area contributed by atoms with Gasteiger partial charge in [0, 0.05) is 0 Å². The van der Waals surface area contributed by atoms with Crippen molar-refractivity contribution in [2.24, 2.45) is 16.0 Å². The molecule has 0 unspecified atom stereocenters. The lowest BCUT2D eigenvalue weighted by atomic mass is 10.3. The monoisotopic (exact) mass is 145 g/mol. The second kappa shape index (κ2) is 3.26. The number of nitrogens with two attached hydrogens (primary N) is 1. The molecule has 58 valence electrons. The van der Waals surface area contributed by atoms with Crippen LogP contribution in [0.3, 0.4) is 0 Å². The van der Waals surface area contributed by atoms with Gasteiger partial charge in [-0.3, -0.25) is 0 Å². The van der Waals surface area contributed by atoms with Gasteiger partial charge in [0.2, 0.25) is 0 Å². The maximum atomic E-state index is 10.3. The molecule has 0 rings (SSSR count). The Hall–Kier alpha value is -0.970. The minimum atomic E-state index is -0.811. The van der Waals surface area contributed by atoms with Gasteiger partial charge in [0.25, 0.3) is 0 Å². The molecule has 0 bridgehead atoms. The summed E-state index contributed by atoms with van der Waals surface area (Å²) in [5, 5.41) is 6.61. The Kier molecular flexibility index (Phi) is 2.95. The molecule has 0 aliphatic rings. The quantitative estimate of drug-likeness (QED) is 0.557. The fourth-order valence-corrected chi connectivity index (χ4v) is 0.211. The summed E-state index contributed by atoms with van der Waals surface area (Å²) in [4.78, 5) is 10.3. The number of carbonyl (C=O) groups excluding carboxylic acids is 1. The molecule has 0 atom stereocenters. The first-order valence-corrected chi connectivity index (χ1v) is 2.75. The fraction of sp³-hybridized carbons (Fsp3) is 0.800. The predicted octanol–water partition coefficient (Wildman–Crippen LogP) is 0.900. The van der Waals surface area contributed by atoms with E-state index in [-0.39, 0.29) is 0 Å². The maximum absolute atomic E-state index is 10.3. The van der Waals surface area contributed by atoms with Gasteiger partial charge in [-0.1, -0.05) is 5.11 Å². The van der Waals surface area contributed by atoms with Crippen LogP contribution in [0.5, 0.6) is 0 Å². The van der Waals surface area contributed by atoms with E-state index in [0.717, 1.165) is 0 Å². The molecule has 5 nitrogen and oxygen atoms in total. The number of azo groups is 1. The molecule has 2 N–H and O–H groups in total. The van der Waals surface area contributed by atoms with Crippen LogP contribution in [-0.2, 0) is 4.74 Å². The summed E-state index contributed by atoms with van der Waals surface area (Å²) in [5.41, 5.74) is 4.56. The van der Waals surface area contributed by atoms with E-state index in [1.807, 2.05) is 0 Å². The Morgan fingerprint density at radius 3 is 2.40 bits per heavy atom. The fourth-order valence-electron chi connectivity index (χ4n) is 0.211. The first-order chi connectivity index (χ1) is 4.45. The van der Waals surface area contributed by atoms with Gasteiger partial charge >= 0.3 is 6.09 Å². The number of ether oxygens (including phenoxy) is 1. The molecule has 0 aromatic heterocycles. The summed E-state index contributed by atoms with van der Waals surface area (Å²) in [6.45, 7) is 3.25. The number of carbonyl (C=O) groups is 1. The van der Waals surface area contributed by atoms with Crippen LogP contribution in [-0.4, -0.2) is 18.9 Å². The smallest absolute Gasteiger partial charge is 0.450 e. The van der Waals surface area contributed by atoms with Gasteiger partial charge in [0.05, 0.1) is 7.11 Å². The van der Waals surface area contributed by atoms with Crippen LogP contribution in [0, 0.1) is 0 Å². The molecule has 0 saturated carbocycles. The van der Waals surface area contributed by atoms with Crippen LogP contribution in [0.25, 0.3) is 0 Å². The van der Waals surface area contributed by atoms with Gasteiger partial charge in [-0.15, -0.1) is 0 Å². The summed E-state index contributed by atoms with van der Waals surface area (Å²) in [5.74, 6) is 0. The predicted molar refractivity (Wildman–Crippen MR) is 35.5 cm³/mol. The van der Waals surface area contributed by atoms with Crippen LogP contribution < -0.4 is 5.73 Å². The van der Waals surface area contributed by atoms with Crippen molar-refractivity contribution in [2.75, 3.05) is 7.11 Å². The van der Waals surface area contributed by atoms with E-state index < -0.39 is 11.8 Å². The largest absolute Gasteiger partial charge is 0.451 e. The molecule has 0 aromatic carbocycles. The van der Waals surface area contributed by atoms with Crippen molar-refractivity contribution in [1.29, 1.82) is 0 Å².